The van der Waals surface area contributed by atoms with Crippen LogP contribution in [-0.4, -0.2) is 24.5 Å². The van der Waals surface area contributed by atoms with E-state index in [0.717, 1.165) is 0 Å². The van der Waals surface area contributed by atoms with E-state index in [-0.39, 0.29) is 5.56 Å². The number of nitrogen functional groups attached to an aromatic ring is 1. The molecule has 0 saturated heterocycles. The number of benzene rings is 1. The number of hydrogen-bond donors (Lipinski definition) is 3. The molecule has 0 fully saturated rings. The Morgan fingerprint density at radius 3 is 2.59 bits per heavy atom. The van der Waals surface area contributed by atoms with Crippen LogP contribution in [0.15, 0.2) is 24.3 Å². The summed E-state index contributed by atoms with van der Waals surface area (Å²) >= 11 is 0. The van der Waals surface area contributed by atoms with Crippen molar-refractivity contribution in [2.24, 2.45) is 5.73 Å². The molecule has 1 rings (SSSR count). The predicted octanol–water partition coefficient (Wildman–Crippen LogP) is -0.379. The summed E-state index contributed by atoms with van der Waals surface area (Å²) in [6.07, 6.45) is 0. The quantitative estimate of drug-likeness (QED) is 0.488. The molecule has 1 aromatic carbocycles. The van der Waals surface area contributed by atoms with Gasteiger partial charge in [-0.15, -0.1) is 0 Å². The van der Waals surface area contributed by atoms with E-state index in [2.05, 4.69) is 4.74 Å². The van der Waals surface area contributed by atoms with Crippen LogP contribution in [0.3, 0.4) is 0 Å². The largest absolute Gasteiger partial charge is 0.452 e. The molecule has 0 spiro atoms. The Bertz CT molecular complexity index is 459. The Labute approximate surface area is 96.7 Å². The zero-order valence-electron chi connectivity index (χ0n) is 8.80. The van der Waals surface area contributed by atoms with Crippen LogP contribution >= 0.6 is 0 Å². The van der Waals surface area contributed by atoms with Crippen molar-refractivity contribution in [1.82, 2.24) is 5.32 Å². The van der Waals surface area contributed by atoms with Crippen LogP contribution in [0.1, 0.15) is 10.4 Å². The number of anilines is 1. The lowest BCUT2D eigenvalue weighted by Gasteiger charge is -2.04. The first kappa shape index (κ1) is 12.5. The highest BCUT2D eigenvalue weighted by atomic mass is 16.5. The van der Waals surface area contributed by atoms with Gasteiger partial charge in [-0.1, -0.05) is 6.07 Å². The van der Waals surface area contributed by atoms with Crippen molar-refractivity contribution in [3.05, 3.63) is 29.8 Å². The molecular formula is C10H11N3O4. The highest BCUT2D eigenvalue weighted by Gasteiger charge is 2.11. The van der Waals surface area contributed by atoms with Crippen LogP contribution in [0.25, 0.3) is 0 Å². The number of amides is 3. The van der Waals surface area contributed by atoms with Gasteiger partial charge in [0.1, 0.15) is 0 Å². The number of nitrogens with one attached hydrogen (secondary N) is 1. The Hall–Kier alpha value is -2.57. The van der Waals surface area contributed by atoms with E-state index in [1.165, 1.54) is 12.1 Å². The highest BCUT2D eigenvalue weighted by Crippen LogP contribution is 2.07. The molecule has 0 aliphatic carbocycles. The van der Waals surface area contributed by atoms with Crippen LogP contribution in [0.4, 0.5) is 10.5 Å². The SMILES string of the molecule is NC(=O)NC(=O)COC(=O)c1cccc(N)c1. The summed E-state index contributed by atoms with van der Waals surface area (Å²) in [5, 5.41) is 1.76. The van der Waals surface area contributed by atoms with Crippen molar-refractivity contribution < 1.29 is 19.1 Å². The number of carbonyl (C=O) groups is 3. The second-order valence-electron chi connectivity index (χ2n) is 3.11. The molecule has 5 N–H and O–H groups in total. The summed E-state index contributed by atoms with van der Waals surface area (Å²) in [6.45, 7) is -0.587. The maximum Gasteiger partial charge on any atom is 0.338 e. The number of hydrogen-bond acceptors (Lipinski definition) is 5. The van der Waals surface area contributed by atoms with E-state index in [4.69, 9.17) is 11.5 Å². The van der Waals surface area contributed by atoms with Gasteiger partial charge in [-0.3, -0.25) is 10.1 Å². The summed E-state index contributed by atoms with van der Waals surface area (Å²) in [6, 6.07) is 5.08. The van der Waals surface area contributed by atoms with Gasteiger partial charge in [0, 0.05) is 5.69 Å². The first-order valence-electron chi connectivity index (χ1n) is 4.61. The molecule has 0 aliphatic heterocycles. The van der Waals surface area contributed by atoms with Crippen LogP contribution in [-0.2, 0) is 9.53 Å². The van der Waals surface area contributed by atoms with E-state index in [9.17, 15) is 14.4 Å². The molecule has 7 heteroatoms. The van der Waals surface area contributed by atoms with Gasteiger partial charge in [0.05, 0.1) is 5.56 Å². The van der Waals surface area contributed by atoms with Gasteiger partial charge in [0.25, 0.3) is 5.91 Å². The summed E-state index contributed by atoms with van der Waals surface area (Å²) in [5.41, 5.74) is 10.8. The van der Waals surface area contributed by atoms with Crippen molar-refractivity contribution in [3.8, 4) is 0 Å². The maximum atomic E-state index is 11.4. The lowest BCUT2D eigenvalue weighted by Crippen LogP contribution is -2.37. The van der Waals surface area contributed by atoms with Crippen molar-refractivity contribution in [1.29, 1.82) is 0 Å². The van der Waals surface area contributed by atoms with Gasteiger partial charge in [-0.2, -0.15) is 0 Å². The minimum absolute atomic E-state index is 0.219. The third-order valence-electron chi connectivity index (χ3n) is 1.72. The number of rotatable bonds is 3. The van der Waals surface area contributed by atoms with Crippen LogP contribution < -0.4 is 16.8 Å². The molecule has 0 aromatic heterocycles. The third kappa shape index (κ3) is 4.20. The maximum absolute atomic E-state index is 11.4. The van der Waals surface area contributed by atoms with Gasteiger partial charge < -0.3 is 16.2 Å². The molecule has 0 atom stereocenters. The molecule has 1 aromatic rings. The Morgan fingerprint density at radius 1 is 1.29 bits per heavy atom. The smallest absolute Gasteiger partial charge is 0.338 e. The van der Waals surface area contributed by atoms with Crippen LogP contribution in [0, 0.1) is 0 Å². The lowest BCUT2D eigenvalue weighted by atomic mass is 10.2. The zero-order chi connectivity index (χ0) is 12.8. The average Bonchev–Trinajstić information content (AvgIpc) is 2.25. The molecule has 0 heterocycles. The molecule has 90 valence electrons. The molecule has 0 saturated carbocycles. The van der Waals surface area contributed by atoms with Gasteiger partial charge in [-0.05, 0) is 18.2 Å². The first-order valence-corrected chi connectivity index (χ1v) is 4.61. The Morgan fingerprint density at radius 2 is 2.00 bits per heavy atom. The summed E-state index contributed by atoms with van der Waals surface area (Å²) < 4.78 is 4.63. The fourth-order valence-electron chi connectivity index (χ4n) is 1.05. The number of imide groups is 1. The molecular weight excluding hydrogens is 226 g/mol. The fourth-order valence-corrected chi connectivity index (χ4v) is 1.05. The number of nitrogens with two attached hydrogens (primary N) is 2. The number of primary amides is 1. The van der Waals surface area contributed by atoms with Crippen molar-refractivity contribution in [2.75, 3.05) is 12.3 Å². The van der Waals surface area contributed by atoms with E-state index in [0.29, 0.717) is 5.69 Å². The van der Waals surface area contributed by atoms with Gasteiger partial charge in [-0.25, -0.2) is 9.59 Å². The van der Waals surface area contributed by atoms with E-state index >= 15 is 0 Å². The predicted molar refractivity (Wildman–Crippen MR) is 58.9 cm³/mol. The van der Waals surface area contributed by atoms with Gasteiger partial charge in [0.2, 0.25) is 0 Å². The standard InChI is InChI=1S/C10H11N3O4/c11-7-3-1-2-6(4-7)9(15)17-5-8(14)13-10(12)16/h1-4H,5,11H2,(H3,12,13,14,16). The van der Waals surface area contributed by atoms with E-state index in [1.807, 2.05) is 0 Å². The number of carbonyl (C=O) groups excluding carboxylic acids is 3. The monoisotopic (exact) mass is 237 g/mol. The molecule has 0 bridgehead atoms. The van der Waals surface area contributed by atoms with Crippen LogP contribution in [0.5, 0.6) is 0 Å². The summed E-state index contributed by atoms with van der Waals surface area (Å²) in [5.74, 6) is -1.51. The molecule has 17 heavy (non-hydrogen) atoms. The number of esters is 1. The molecule has 7 nitrogen and oxygen atoms in total. The van der Waals surface area contributed by atoms with E-state index in [1.54, 1.807) is 17.4 Å². The van der Waals surface area contributed by atoms with Crippen LogP contribution in [0.2, 0.25) is 0 Å². The van der Waals surface area contributed by atoms with Gasteiger partial charge in [0.15, 0.2) is 6.61 Å². The summed E-state index contributed by atoms with van der Waals surface area (Å²) in [4.78, 5) is 32.7. The van der Waals surface area contributed by atoms with Crippen molar-refractivity contribution in [2.45, 2.75) is 0 Å². The normalized spacial score (nSPS) is 9.41. The summed E-state index contributed by atoms with van der Waals surface area (Å²) in [7, 11) is 0. The Kier molecular flexibility index (Phi) is 4.04. The second kappa shape index (κ2) is 5.50. The minimum Gasteiger partial charge on any atom is -0.452 e. The molecule has 3 amide bonds. The highest BCUT2D eigenvalue weighted by molar-refractivity contribution is 5.96. The molecule has 0 radical (unpaired) electrons. The van der Waals surface area contributed by atoms with E-state index < -0.39 is 24.5 Å². The topological polar surface area (TPSA) is 125 Å². The average molecular weight is 237 g/mol. The number of ether oxygens (including phenoxy) is 1. The number of urea groups is 1. The zero-order valence-corrected chi connectivity index (χ0v) is 8.80. The van der Waals surface area contributed by atoms with Gasteiger partial charge >= 0.3 is 12.0 Å². The first-order chi connectivity index (χ1) is 7.99. The lowest BCUT2D eigenvalue weighted by molar-refractivity contribution is -0.123. The molecule has 0 unspecified atom stereocenters. The third-order valence-corrected chi connectivity index (χ3v) is 1.72. The minimum atomic E-state index is -1.00. The molecule has 0 aliphatic rings. The second-order valence-corrected chi connectivity index (χ2v) is 3.11. The van der Waals surface area contributed by atoms with Crippen molar-refractivity contribution in [3.63, 3.8) is 0 Å². The van der Waals surface area contributed by atoms with Crippen molar-refractivity contribution >= 4 is 23.6 Å². The fraction of sp³-hybridized carbons (Fsp3) is 0.100. The Balaban J connectivity index is 2.50.